The average molecular weight is 454 g/mol. The maximum Gasteiger partial charge on any atom is 0.416 e. The van der Waals surface area contributed by atoms with Gasteiger partial charge in [-0.3, -0.25) is 4.57 Å². The van der Waals surface area contributed by atoms with E-state index in [9.17, 15) is 13.2 Å². The highest BCUT2D eigenvalue weighted by atomic mass is 19.4. The Kier molecular flexibility index (Phi) is 5.15. The zero-order chi connectivity index (χ0) is 23.2. The lowest BCUT2D eigenvalue weighted by Crippen LogP contribution is -2.21. The number of aromatic nitrogens is 6. The van der Waals surface area contributed by atoms with Crippen LogP contribution in [0.1, 0.15) is 41.4 Å². The zero-order valence-electron chi connectivity index (χ0n) is 18.0. The number of benzene rings is 1. The number of imidazole rings is 1. The Bertz CT molecular complexity index is 1310. The van der Waals surface area contributed by atoms with E-state index in [1.165, 1.54) is 12.1 Å². The molecule has 33 heavy (non-hydrogen) atoms. The van der Waals surface area contributed by atoms with E-state index in [1.54, 1.807) is 41.0 Å². The monoisotopic (exact) mass is 454 g/mol. The van der Waals surface area contributed by atoms with Crippen molar-refractivity contribution in [2.45, 2.75) is 38.4 Å². The molecule has 7 nitrogen and oxygen atoms in total. The van der Waals surface area contributed by atoms with E-state index < -0.39 is 17.7 Å². The van der Waals surface area contributed by atoms with Crippen molar-refractivity contribution >= 4 is 0 Å². The van der Waals surface area contributed by atoms with Gasteiger partial charge >= 0.3 is 6.18 Å². The van der Waals surface area contributed by atoms with Crippen molar-refractivity contribution in [2.75, 3.05) is 7.11 Å². The smallest absolute Gasteiger partial charge is 0.416 e. The molecule has 0 bridgehead atoms. The highest BCUT2D eigenvalue weighted by Gasteiger charge is 2.37. The third-order valence-corrected chi connectivity index (χ3v) is 5.78. The molecule has 0 spiro atoms. The number of alkyl halides is 3. The van der Waals surface area contributed by atoms with Gasteiger partial charge in [0.05, 0.1) is 18.4 Å². The van der Waals surface area contributed by atoms with Crippen LogP contribution in [0.5, 0.6) is 5.75 Å². The number of rotatable bonds is 4. The molecule has 0 aliphatic carbocycles. The molecule has 0 N–H and O–H groups in total. The molecule has 10 heteroatoms. The van der Waals surface area contributed by atoms with E-state index in [0.29, 0.717) is 48.2 Å². The molecule has 0 amide bonds. The van der Waals surface area contributed by atoms with Gasteiger partial charge in [-0.05, 0) is 37.5 Å². The third-order valence-electron chi connectivity index (χ3n) is 5.78. The fourth-order valence-electron chi connectivity index (χ4n) is 4.27. The minimum Gasteiger partial charge on any atom is -0.493 e. The van der Waals surface area contributed by atoms with Crippen molar-refractivity contribution in [3.05, 3.63) is 71.7 Å². The van der Waals surface area contributed by atoms with Crippen LogP contribution in [0, 0.1) is 6.92 Å². The molecule has 0 saturated heterocycles. The summed E-state index contributed by atoms with van der Waals surface area (Å²) in [5.74, 6) is 1.53. The van der Waals surface area contributed by atoms with Gasteiger partial charge in [-0.1, -0.05) is 18.2 Å². The normalized spacial score (nSPS) is 16.0. The SMILES string of the molecule is COc1cc(-c2nc3n(n2)CCCC3c2ccccc2C(F)(F)F)cnc1-n1cnc(C)c1. The first-order valence-corrected chi connectivity index (χ1v) is 10.5. The van der Waals surface area contributed by atoms with Gasteiger partial charge < -0.3 is 4.74 Å². The van der Waals surface area contributed by atoms with Crippen LogP contribution in [-0.2, 0) is 12.7 Å². The van der Waals surface area contributed by atoms with Gasteiger partial charge in [-0.25, -0.2) is 19.6 Å². The second-order valence-corrected chi connectivity index (χ2v) is 7.97. The Morgan fingerprint density at radius 1 is 1.15 bits per heavy atom. The minimum atomic E-state index is -4.43. The Balaban J connectivity index is 1.55. The molecule has 4 aromatic rings. The van der Waals surface area contributed by atoms with Gasteiger partial charge in [0.1, 0.15) is 12.2 Å². The molecule has 4 heterocycles. The standard InChI is InChI=1S/C23H21F3N6O/c1-14-12-31(13-28-14)22-19(33-2)10-15(11-27-22)20-29-21-17(7-5-9-32(21)30-20)16-6-3-4-8-18(16)23(24,25)26/h3-4,6,8,10-13,17H,5,7,9H2,1-2H3. The van der Waals surface area contributed by atoms with Crippen LogP contribution in [0.15, 0.2) is 49.1 Å². The number of fused-ring (bicyclic) bond motifs is 1. The number of halogens is 3. The Morgan fingerprint density at radius 2 is 1.97 bits per heavy atom. The van der Waals surface area contributed by atoms with E-state index in [-0.39, 0.29) is 5.56 Å². The highest BCUT2D eigenvalue weighted by molar-refractivity contribution is 5.59. The molecule has 1 aliphatic heterocycles. The minimum absolute atomic E-state index is 0.228. The Hall–Kier alpha value is -3.69. The molecule has 1 unspecified atom stereocenters. The molecule has 5 rings (SSSR count). The van der Waals surface area contributed by atoms with Crippen molar-refractivity contribution in [1.29, 1.82) is 0 Å². The summed E-state index contributed by atoms with van der Waals surface area (Å²) in [6.45, 7) is 2.48. The second-order valence-electron chi connectivity index (χ2n) is 7.97. The summed E-state index contributed by atoms with van der Waals surface area (Å²) in [7, 11) is 1.55. The predicted molar refractivity (Wildman–Crippen MR) is 114 cm³/mol. The molecule has 170 valence electrons. The van der Waals surface area contributed by atoms with Crippen molar-refractivity contribution in [3.8, 4) is 23.0 Å². The molecule has 0 fully saturated rings. The number of pyridine rings is 1. The van der Waals surface area contributed by atoms with Gasteiger partial charge in [0.15, 0.2) is 17.4 Å². The molecule has 1 aromatic carbocycles. The summed E-state index contributed by atoms with van der Waals surface area (Å²) in [6, 6.07) is 7.47. The van der Waals surface area contributed by atoms with Crippen molar-refractivity contribution < 1.29 is 17.9 Å². The summed E-state index contributed by atoms with van der Waals surface area (Å²) in [4.78, 5) is 13.4. The first-order valence-electron chi connectivity index (χ1n) is 10.5. The van der Waals surface area contributed by atoms with Gasteiger partial charge in [0.2, 0.25) is 0 Å². The number of aryl methyl sites for hydroxylation is 2. The quantitative estimate of drug-likeness (QED) is 0.444. The number of nitrogens with zero attached hydrogens (tertiary/aromatic N) is 6. The molecule has 1 aliphatic rings. The lowest BCUT2D eigenvalue weighted by molar-refractivity contribution is -0.138. The van der Waals surface area contributed by atoms with E-state index in [4.69, 9.17) is 4.74 Å². The van der Waals surface area contributed by atoms with Gasteiger partial charge in [-0.15, -0.1) is 0 Å². The second kappa shape index (κ2) is 8.02. The largest absolute Gasteiger partial charge is 0.493 e. The lowest BCUT2D eigenvalue weighted by Gasteiger charge is -2.25. The summed E-state index contributed by atoms with van der Waals surface area (Å²) in [5.41, 5.74) is 1.07. The van der Waals surface area contributed by atoms with E-state index >= 15 is 0 Å². The summed E-state index contributed by atoms with van der Waals surface area (Å²) in [6.07, 6.45) is 1.98. The molecule has 1 atom stereocenters. The van der Waals surface area contributed by atoms with Crippen molar-refractivity contribution in [3.63, 3.8) is 0 Å². The number of ether oxygens (including phenoxy) is 1. The fraction of sp³-hybridized carbons (Fsp3) is 0.304. The van der Waals surface area contributed by atoms with Crippen LogP contribution < -0.4 is 4.74 Å². The van der Waals surface area contributed by atoms with E-state index in [0.717, 1.165) is 11.8 Å². The third kappa shape index (κ3) is 3.85. The predicted octanol–water partition coefficient (Wildman–Crippen LogP) is 4.79. The summed E-state index contributed by atoms with van der Waals surface area (Å²) < 4.78 is 49.9. The molecular weight excluding hydrogens is 433 g/mol. The molecule has 3 aromatic heterocycles. The van der Waals surface area contributed by atoms with E-state index in [2.05, 4.69) is 20.1 Å². The van der Waals surface area contributed by atoms with Gasteiger partial charge in [0, 0.05) is 30.4 Å². The number of hydrogen-bond donors (Lipinski definition) is 0. The topological polar surface area (TPSA) is 70.7 Å². The highest BCUT2D eigenvalue weighted by Crippen LogP contribution is 2.41. The zero-order valence-corrected chi connectivity index (χ0v) is 18.0. The molecule has 0 saturated carbocycles. The Labute approximate surface area is 187 Å². The summed E-state index contributed by atoms with van der Waals surface area (Å²) in [5, 5.41) is 4.58. The Morgan fingerprint density at radius 3 is 2.70 bits per heavy atom. The first-order chi connectivity index (χ1) is 15.8. The molecular formula is C23H21F3N6O. The van der Waals surface area contributed by atoms with Crippen molar-refractivity contribution in [1.82, 2.24) is 29.3 Å². The fourth-order valence-corrected chi connectivity index (χ4v) is 4.27. The van der Waals surface area contributed by atoms with Gasteiger partial charge in [-0.2, -0.15) is 18.3 Å². The first kappa shape index (κ1) is 21.2. The van der Waals surface area contributed by atoms with Crippen LogP contribution in [0.4, 0.5) is 13.2 Å². The maximum absolute atomic E-state index is 13.6. The maximum atomic E-state index is 13.6. The van der Waals surface area contributed by atoms with Crippen molar-refractivity contribution in [2.24, 2.45) is 0 Å². The van der Waals surface area contributed by atoms with Crippen LogP contribution in [0.2, 0.25) is 0 Å². The van der Waals surface area contributed by atoms with Crippen LogP contribution in [-0.4, -0.2) is 36.4 Å². The van der Waals surface area contributed by atoms with Crippen LogP contribution in [0.3, 0.4) is 0 Å². The number of methoxy groups -OCH3 is 1. The summed E-state index contributed by atoms with van der Waals surface area (Å²) >= 11 is 0. The van der Waals surface area contributed by atoms with E-state index in [1.807, 2.05) is 13.1 Å². The average Bonchev–Trinajstić information content (AvgIpc) is 3.44. The van der Waals surface area contributed by atoms with Crippen LogP contribution in [0.25, 0.3) is 17.2 Å². The number of hydrogen-bond acceptors (Lipinski definition) is 5. The lowest BCUT2D eigenvalue weighted by atomic mass is 9.88. The van der Waals surface area contributed by atoms with Gasteiger partial charge in [0.25, 0.3) is 0 Å². The van der Waals surface area contributed by atoms with Crippen LogP contribution >= 0.6 is 0 Å². The molecule has 0 radical (unpaired) electrons.